The van der Waals surface area contributed by atoms with Crippen molar-refractivity contribution in [1.82, 2.24) is 0 Å². The van der Waals surface area contributed by atoms with E-state index in [0.29, 0.717) is 0 Å². The first-order valence-electron chi connectivity index (χ1n) is 5.86. The first-order chi connectivity index (χ1) is 8.63. The molecule has 0 heterocycles. The molecule has 0 amide bonds. The molecule has 3 nitrogen and oxygen atoms in total. The molecule has 0 bridgehead atoms. The largest absolute Gasteiger partial charge is 0.0831 e. The van der Waals surface area contributed by atoms with E-state index in [1.807, 2.05) is 44.2 Å². The van der Waals surface area contributed by atoms with Crippen LogP contribution in [0, 0.1) is 0 Å². The quantitative estimate of drug-likeness (QED) is 0.414. The van der Waals surface area contributed by atoms with Crippen molar-refractivity contribution in [1.29, 1.82) is 0 Å². The van der Waals surface area contributed by atoms with Gasteiger partial charge < -0.3 is 0 Å². The summed E-state index contributed by atoms with van der Waals surface area (Å²) < 4.78 is 0. The molecule has 0 aliphatic rings. The van der Waals surface area contributed by atoms with E-state index in [1.165, 1.54) is 5.56 Å². The fraction of sp³-hybridized carbons (Fsp3) is 0.200. The fourth-order valence-corrected chi connectivity index (χ4v) is 1.87. The third-order valence-electron chi connectivity index (χ3n) is 2.99. The van der Waals surface area contributed by atoms with Gasteiger partial charge in [-0.25, -0.2) is 0 Å². The van der Waals surface area contributed by atoms with Gasteiger partial charge in [0.05, 0.1) is 5.54 Å². The normalized spacial score (nSPS) is 10.8. The lowest BCUT2D eigenvalue weighted by atomic mass is 9.93. The third-order valence-corrected chi connectivity index (χ3v) is 2.99. The zero-order chi connectivity index (χ0) is 13.0. The minimum atomic E-state index is -0.510. The summed E-state index contributed by atoms with van der Waals surface area (Å²) in [5.74, 6) is 0. The van der Waals surface area contributed by atoms with Crippen LogP contribution in [0.5, 0.6) is 0 Å². The van der Waals surface area contributed by atoms with Crippen LogP contribution in [0.3, 0.4) is 0 Å². The summed E-state index contributed by atoms with van der Waals surface area (Å²) in [7, 11) is 0. The molecule has 0 spiro atoms. The first kappa shape index (κ1) is 12.2. The molecular weight excluding hydrogens is 222 g/mol. The van der Waals surface area contributed by atoms with E-state index in [0.717, 1.165) is 11.1 Å². The molecular formula is C15H15N3. The van der Waals surface area contributed by atoms with E-state index >= 15 is 0 Å². The second kappa shape index (κ2) is 4.94. The molecule has 3 heteroatoms. The molecule has 2 aromatic rings. The van der Waals surface area contributed by atoms with Crippen LogP contribution in [0.4, 0.5) is 0 Å². The smallest absolute Gasteiger partial charge is 0.0681 e. The van der Waals surface area contributed by atoms with Gasteiger partial charge in [0.15, 0.2) is 0 Å². The van der Waals surface area contributed by atoms with Crippen LogP contribution in [0.2, 0.25) is 0 Å². The number of hydrogen-bond donors (Lipinski definition) is 0. The Morgan fingerprint density at radius 3 is 2.00 bits per heavy atom. The van der Waals surface area contributed by atoms with Gasteiger partial charge in [-0.05, 0) is 22.2 Å². The number of rotatable bonds is 3. The van der Waals surface area contributed by atoms with Gasteiger partial charge in [-0.15, -0.1) is 0 Å². The van der Waals surface area contributed by atoms with E-state index in [2.05, 4.69) is 34.3 Å². The van der Waals surface area contributed by atoms with Crippen molar-refractivity contribution in [2.75, 3.05) is 0 Å². The molecule has 18 heavy (non-hydrogen) atoms. The first-order valence-corrected chi connectivity index (χ1v) is 5.86. The molecule has 0 unspecified atom stereocenters. The van der Waals surface area contributed by atoms with E-state index in [1.54, 1.807) is 0 Å². The zero-order valence-electron chi connectivity index (χ0n) is 10.5. The summed E-state index contributed by atoms with van der Waals surface area (Å²) in [5, 5.41) is 3.81. The lowest BCUT2D eigenvalue weighted by Gasteiger charge is -2.18. The van der Waals surface area contributed by atoms with Crippen LogP contribution >= 0.6 is 0 Å². The van der Waals surface area contributed by atoms with Crippen LogP contribution in [0.1, 0.15) is 19.4 Å². The Kier molecular flexibility index (Phi) is 3.35. The Morgan fingerprint density at radius 1 is 0.889 bits per heavy atom. The molecule has 0 N–H and O–H groups in total. The molecule has 2 rings (SSSR count). The Hall–Kier alpha value is -2.25. The monoisotopic (exact) mass is 237 g/mol. The van der Waals surface area contributed by atoms with Crippen molar-refractivity contribution in [3.8, 4) is 11.1 Å². The van der Waals surface area contributed by atoms with Crippen LogP contribution in [0.25, 0.3) is 21.6 Å². The SMILES string of the molecule is CC(C)(N=[N+]=[N-])c1ccc(-c2ccccc2)cc1. The van der Waals surface area contributed by atoms with Crippen LogP contribution < -0.4 is 0 Å². The lowest BCUT2D eigenvalue weighted by molar-refractivity contribution is 0.550. The topological polar surface area (TPSA) is 48.8 Å². The van der Waals surface area contributed by atoms with Crippen molar-refractivity contribution < 1.29 is 0 Å². The number of azide groups is 1. The lowest BCUT2D eigenvalue weighted by Crippen LogP contribution is -2.12. The predicted octanol–water partition coefficient (Wildman–Crippen LogP) is 4.90. The number of hydrogen-bond acceptors (Lipinski definition) is 1. The molecule has 0 saturated carbocycles. The predicted molar refractivity (Wildman–Crippen MR) is 74.1 cm³/mol. The highest BCUT2D eigenvalue weighted by molar-refractivity contribution is 5.63. The third kappa shape index (κ3) is 2.53. The maximum atomic E-state index is 8.55. The van der Waals surface area contributed by atoms with Gasteiger partial charge in [-0.2, -0.15) is 0 Å². The summed E-state index contributed by atoms with van der Waals surface area (Å²) in [6.07, 6.45) is 0. The Bertz CT molecular complexity index is 564. The molecule has 0 aliphatic heterocycles. The van der Waals surface area contributed by atoms with Gasteiger partial charge in [-0.1, -0.05) is 73.6 Å². The maximum absolute atomic E-state index is 8.55. The van der Waals surface area contributed by atoms with E-state index in [9.17, 15) is 0 Å². The Labute approximate surface area is 107 Å². The second-order valence-corrected chi connectivity index (χ2v) is 4.69. The molecule has 0 aliphatic carbocycles. The minimum absolute atomic E-state index is 0.510. The van der Waals surface area contributed by atoms with Crippen LogP contribution in [0.15, 0.2) is 59.7 Å². The number of nitrogens with zero attached hydrogens (tertiary/aromatic N) is 3. The van der Waals surface area contributed by atoms with E-state index < -0.39 is 5.54 Å². The van der Waals surface area contributed by atoms with Gasteiger partial charge >= 0.3 is 0 Å². The molecule has 0 fully saturated rings. The van der Waals surface area contributed by atoms with Gasteiger partial charge in [0.25, 0.3) is 0 Å². The van der Waals surface area contributed by atoms with E-state index in [-0.39, 0.29) is 0 Å². The summed E-state index contributed by atoms with van der Waals surface area (Å²) in [6, 6.07) is 18.3. The highest BCUT2D eigenvalue weighted by Crippen LogP contribution is 2.27. The molecule has 0 aromatic heterocycles. The molecule has 0 atom stereocenters. The second-order valence-electron chi connectivity index (χ2n) is 4.69. The Morgan fingerprint density at radius 2 is 1.44 bits per heavy atom. The van der Waals surface area contributed by atoms with Crippen molar-refractivity contribution in [2.24, 2.45) is 5.11 Å². The number of benzene rings is 2. The molecule has 2 aromatic carbocycles. The van der Waals surface area contributed by atoms with Crippen LogP contribution in [-0.4, -0.2) is 0 Å². The van der Waals surface area contributed by atoms with Gasteiger partial charge in [0.2, 0.25) is 0 Å². The highest BCUT2D eigenvalue weighted by atomic mass is 15.2. The van der Waals surface area contributed by atoms with E-state index in [4.69, 9.17) is 5.53 Å². The summed E-state index contributed by atoms with van der Waals surface area (Å²) in [6.45, 7) is 3.81. The summed E-state index contributed by atoms with van der Waals surface area (Å²) in [4.78, 5) is 2.89. The van der Waals surface area contributed by atoms with Crippen molar-refractivity contribution in [3.05, 3.63) is 70.6 Å². The minimum Gasteiger partial charge on any atom is -0.0831 e. The molecule has 0 saturated heterocycles. The molecule has 90 valence electrons. The van der Waals surface area contributed by atoms with Crippen molar-refractivity contribution >= 4 is 0 Å². The van der Waals surface area contributed by atoms with Crippen LogP contribution in [-0.2, 0) is 5.54 Å². The Balaban J connectivity index is 2.34. The fourth-order valence-electron chi connectivity index (χ4n) is 1.87. The maximum Gasteiger partial charge on any atom is 0.0681 e. The van der Waals surface area contributed by atoms with Crippen molar-refractivity contribution in [3.63, 3.8) is 0 Å². The molecule has 0 radical (unpaired) electrons. The van der Waals surface area contributed by atoms with Crippen molar-refractivity contribution in [2.45, 2.75) is 19.4 Å². The highest BCUT2D eigenvalue weighted by Gasteiger charge is 2.18. The van der Waals surface area contributed by atoms with Gasteiger partial charge in [0, 0.05) is 4.91 Å². The zero-order valence-corrected chi connectivity index (χ0v) is 10.5. The average molecular weight is 237 g/mol. The average Bonchev–Trinajstić information content (AvgIpc) is 2.40. The standard InChI is InChI=1S/C15H15N3/c1-15(2,17-18-16)14-10-8-13(9-11-14)12-6-4-3-5-7-12/h3-11H,1-2H3. The van der Waals surface area contributed by atoms with Gasteiger partial charge in [0.1, 0.15) is 0 Å². The summed E-state index contributed by atoms with van der Waals surface area (Å²) >= 11 is 0. The summed E-state index contributed by atoms with van der Waals surface area (Å²) in [5.41, 5.74) is 11.4. The van der Waals surface area contributed by atoms with Gasteiger partial charge in [-0.3, -0.25) is 0 Å².